The van der Waals surface area contributed by atoms with E-state index in [9.17, 15) is 9.59 Å². The normalized spacial score (nSPS) is 25.7. The first-order valence-corrected chi connectivity index (χ1v) is 11.8. The highest BCUT2D eigenvalue weighted by molar-refractivity contribution is 6.06. The molecule has 33 heavy (non-hydrogen) atoms. The van der Waals surface area contributed by atoms with Crippen molar-refractivity contribution in [2.24, 2.45) is 28.7 Å². The fourth-order valence-corrected chi connectivity index (χ4v) is 5.41. The summed E-state index contributed by atoms with van der Waals surface area (Å²) in [6, 6.07) is 9.96. The van der Waals surface area contributed by atoms with Gasteiger partial charge in [-0.05, 0) is 49.3 Å². The zero-order valence-electron chi connectivity index (χ0n) is 18.9. The minimum Gasteiger partial charge on any atom is -0.357 e. The number of benzene rings is 1. The van der Waals surface area contributed by atoms with Gasteiger partial charge < -0.3 is 10.6 Å². The molecule has 1 aromatic carbocycles. The Labute approximate surface area is 193 Å². The van der Waals surface area contributed by atoms with Crippen molar-refractivity contribution in [3.05, 3.63) is 60.4 Å². The number of aliphatic imine (C=N–C) groups is 1. The summed E-state index contributed by atoms with van der Waals surface area (Å²) in [5, 5.41) is 10.9. The molecule has 0 radical (unpaired) electrons. The summed E-state index contributed by atoms with van der Waals surface area (Å²) in [5.74, 6) is 1.05. The Morgan fingerprint density at radius 3 is 2.55 bits per heavy atom. The molecule has 5 rings (SSSR count). The molecule has 8 nitrogen and oxygen atoms in total. The predicted octanol–water partition coefficient (Wildman–Crippen LogP) is 2.12. The second-order valence-corrected chi connectivity index (χ2v) is 8.88. The summed E-state index contributed by atoms with van der Waals surface area (Å²) in [6.07, 6.45) is 9.60. The first-order chi connectivity index (χ1) is 16.2. The van der Waals surface area contributed by atoms with E-state index in [1.54, 1.807) is 6.20 Å². The van der Waals surface area contributed by atoms with Crippen LogP contribution in [0.4, 0.5) is 0 Å². The van der Waals surface area contributed by atoms with Crippen LogP contribution in [0.1, 0.15) is 25.3 Å². The minimum atomic E-state index is -0.116. The molecular formula is C25H30N6O2. The molecule has 1 saturated carbocycles. The van der Waals surface area contributed by atoms with Crippen LogP contribution < -0.4 is 10.6 Å². The molecule has 0 spiro atoms. The number of fused-ring (bicyclic) bond motifs is 5. The highest BCUT2D eigenvalue weighted by atomic mass is 16.2. The van der Waals surface area contributed by atoms with E-state index < -0.39 is 0 Å². The van der Waals surface area contributed by atoms with Crippen LogP contribution in [-0.4, -0.2) is 52.1 Å². The average molecular weight is 447 g/mol. The maximum absolute atomic E-state index is 12.8. The molecule has 8 heteroatoms. The van der Waals surface area contributed by atoms with Crippen LogP contribution in [0.25, 0.3) is 5.69 Å². The molecular weight excluding hydrogens is 416 g/mol. The summed E-state index contributed by atoms with van der Waals surface area (Å²) in [4.78, 5) is 31.8. The first kappa shape index (κ1) is 21.4. The molecule has 3 aliphatic rings. The first-order valence-electron chi connectivity index (χ1n) is 11.8. The second kappa shape index (κ2) is 9.21. The lowest BCUT2D eigenvalue weighted by Crippen LogP contribution is -2.40. The third-order valence-corrected chi connectivity index (χ3v) is 6.91. The molecule has 2 N–H and O–H groups in total. The van der Waals surface area contributed by atoms with Crippen molar-refractivity contribution in [1.82, 2.24) is 25.3 Å². The van der Waals surface area contributed by atoms with Gasteiger partial charge in [-0.1, -0.05) is 30.4 Å². The lowest BCUT2D eigenvalue weighted by atomic mass is 9.85. The van der Waals surface area contributed by atoms with Crippen molar-refractivity contribution in [2.45, 2.75) is 26.3 Å². The van der Waals surface area contributed by atoms with Gasteiger partial charge in [0.2, 0.25) is 11.8 Å². The Morgan fingerprint density at radius 1 is 1.09 bits per heavy atom. The number of hydrogen-bond donors (Lipinski definition) is 2. The highest BCUT2D eigenvalue weighted by Crippen LogP contribution is 2.52. The quantitative estimate of drug-likeness (QED) is 0.213. The number of para-hydroxylation sites is 1. The SMILES string of the molecule is CCNC(=NCc1ccccc1-n1cccn1)NCCCN1C(=O)C2C3C=CC(C3)C2C1=O. The van der Waals surface area contributed by atoms with E-state index in [1.807, 2.05) is 48.1 Å². The van der Waals surface area contributed by atoms with Crippen molar-refractivity contribution >= 4 is 17.8 Å². The van der Waals surface area contributed by atoms with Gasteiger partial charge in [-0.15, -0.1) is 0 Å². The Bertz CT molecular complexity index is 1050. The van der Waals surface area contributed by atoms with E-state index in [0.717, 1.165) is 24.2 Å². The van der Waals surface area contributed by atoms with E-state index >= 15 is 0 Å². The molecule has 2 aliphatic carbocycles. The van der Waals surface area contributed by atoms with Crippen molar-refractivity contribution in [1.29, 1.82) is 0 Å². The van der Waals surface area contributed by atoms with Crippen molar-refractivity contribution < 1.29 is 9.59 Å². The zero-order valence-corrected chi connectivity index (χ0v) is 18.9. The molecule has 4 unspecified atom stereocenters. The van der Waals surface area contributed by atoms with Gasteiger partial charge in [0.05, 0.1) is 24.1 Å². The van der Waals surface area contributed by atoms with E-state index in [0.29, 0.717) is 32.0 Å². The molecule has 1 aliphatic heterocycles. The number of hydrogen-bond acceptors (Lipinski definition) is 4. The Morgan fingerprint density at radius 2 is 1.85 bits per heavy atom. The van der Waals surface area contributed by atoms with Gasteiger partial charge in [0.25, 0.3) is 0 Å². The molecule has 2 amide bonds. The Balaban J connectivity index is 1.16. The predicted molar refractivity (Wildman–Crippen MR) is 125 cm³/mol. The van der Waals surface area contributed by atoms with E-state index in [1.165, 1.54) is 4.90 Å². The van der Waals surface area contributed by atoms with Gasteiger partial charge in [0.1, 0.15) is 0 Å². The number of nitrogens with zero attached hydrogens (tertiary/aromatic N) is 4. The van der Waals surface area contributed by atoms with Crippen LogP contribution in [0.3, 0.4) is 0 Å². The standard InChI is InChI=1S/C25H30N6O2/c1-2-26-25(28-16-19-7-3-4-8-20(19)31-14-6-12-29-31)27-11-5-13-30-23(32)21-17-9-10-18(15-17)22(21)24(30)33/h3-4,6-10,12,14,17-18,21-22H,2,5,11,13,15-16H2,1H3,(H2,26,27,28). The molecule has 2 aromatic rings. The van der Waals surface area contributed by atoms with Crippen LogP contribution in [0.2, 0.25) is 0 Å². The fourth-order valence-electron chi connectivity index (χ4n) is 5.41. The number of amides is 2. The topological polar surface area (TPSA) is 91.6 Å². The molecule has 2 heterocycles. The second-order valence-electron chi connectivity index (χ2n) is 8.88. The maximum Gasteiger partial charge on any atom is 0.233 e. The summed E-state index contributed by atoms with van der Waals surface area (Å²) in [5.41, 5.74) is 2.07. The number of nitrogens with one attached hydrogen (secondary N) is 2. The van der Waals surface area contributed by atoms with Gasteiger partial charge in [0, 0.05) is 32.0 Å². The number of rotatable bonds is 8. The number of guanidine groups is 1. The molecule has 1 aromatic heterocycles. The summed E-state index contributed by atoms with van der Waals surface area (Å²) in [6.45, 7) is 4.36. The number of aromatic nitrogens is 2. The summed E-state index contributed by atoms with van der Waals surface area (Å²) < 4.78 is 1.84. The monoisotopic (exact) mass is 446 g/mol. The van der Waals surface area contributed by atoms with Crippen LogP contribution in [0.15, 0.2) is 59.9 Å². The highest BCUT2D eigenvalue weighted by Gasteiger charge is 2.58. The van der Waals surface area contributed by atoms with E-state index in [2.05, 4.69) is 27.9 Å². The Kier molecular flexibility index (Phi) is 5.98. The van der Waals surface area contributed by atoms with E-state index in [4.69, 9.17) is 4.99 Å². The van der Waals surface area contributed by atoms with Gasteiger partial charge in [-0.3, -0.25) is 14.5 Å². The number of imide groups is 1. The third-order valence-electron chi connectivity index (χ3n) is 6.91. The van der Waals surface area contributed by atoms with E-state index in [-0.39, 0.29) is 35.5 Å². The van der Waals surface area contributed by atoms with Gasteiger partial charge in [-0.25, -0.2) is 9.67 Å². The van der Waals surface area contributed by atoms with Gasteiger partial charge >= 0.3 is 0 Å². The molecule has 1 saturated heterocycles. The van der Waals surface area contributed by atoms with Crippen LogP contribution >= 0.6 is 0 Å². The molecule has 2 bridgehead atoms. The largest absolute Gasteiger partial charge is 0.357 e. The van der Waals surface area contributed by atoms with Crippen molar-refractivity contribution in [3.8, 4) is 5.69 Å². The van der Waals surface area contributed by atoms with Crippen molar-refractivity contribution in [2.75, 3.05) is 19.6 Å². The molecule has 172 valence electrons. The lowest BCUT2D eigenvalue weighted by molar-refractivity contribution is -0.140. The maximum atomic E-state index is 12.8. The number of carbonyl (C=O) groups is 2. The number of allylic oxidation sites excluding steroid dienone is 2. The van der Waals surface area contributed by atoms with Crippen molar-refractivity contribution in [3.63, 3.8) is 0 Å². The van der Waals surface area contributed by atoms with Gasteiger partial charge in [-0.2, -0.15) is 5.10 Å². The molecule has 2 fully saturated rings. The van der Waals surface area contributed by atoms with Crippen LogP contribution in [-0.2, 0) is 16.1 Å². The molecule has 4 atom stereocenters. The fraction of sp³-hybridized carbons (Fsp3) is 0.440. The Hall–Kier alpha value is -3.42. The smallest absolute Gasteiger partial charge is 0.233 e. The van der Waals surface area contributed by atoms with Crippen LogP contribution in [0, 0.1) is 23.7 Å². The summed E-state index contributed by atoms with van der Waals surface area (Å²) >= 11 is 0. The third kappa shape index (κ3) is 4.05. The average Bonchev–Trinajstić information content (AvgIpc) is 3.62. The van der Waals surface area contributed by atoms with Crippen LogP contribution in [0.5, 0.6) is 0 Å². The van der Waals surface area contributed by atoms with Gasteiger partial charge in [0.15, 0.2) is 5.96 Å². The number of likely N-dealkylation sites (tertiary alicyclic amines) is 1. The lowest BCUT2D eigenvalue weighted by Gasteiger charge is -2.18. The minimum absolute atomic E-state index is 0.0256. The summed E-state index contributed by atoms with van der Waals surface area (Å²) in [7, 11) is 0. The zero-order chi connectivity index (χ0) is 22.8. The number of carbonyl (C=O) groups excluding carboxylic acids is 2.